The smallest absolute Gasteiger partial charge is 0.171 e. The van der Waals surface area contributed by atoms with E-state index < -0.39 is 0 Å². The average molecular weight is 316 g/mol. The minimum Gasteiger partial charge on any atom is -0.355 e. The molecule has 0 aromatic heterocycles. The van der Waals surface area contributed by atoms with E-state index in [1.165, 1.54) is 17.2 Å². The molecule has 0 aliphatic carbocycles. The molecule has 22 heavy (non-hydrogen) atoms. The molecule has 0 saturated carbocycles. The molecule has 0 spiro atoms. The zero-order chi connectivity index (χ0) is 16.1. The van der Waals surface area contributed by atoms with Crippen molar-refractivity contribution in [2.75, 3.05) is 5.32 Å². The molecule has 2 N–H and O–H groups in total. The minimum absolute atomic E-state index is 0.0768. The van der Waals surface area contributed by atoms with Crippen LogP contribution in [0.2, 0.25) is 0 Å². The molecule has 1 unspecified atom stereocenters. The lowest BCUT2D eigenvalue weighted by molar-refractivity contribution is 0.471. The first-order valence-electron chi connectivity index (χ1n) is 7.36. The van der Waals surface area contributed by atoms with Gasteiger partial charge in [0, 0.05) is 0 Å². The molecule has 116 valence electrons. The fourth-order valence-electron chi connectivity index (χ4n) is 2.40. The van der Waals surface area contributed by atoms with Crippen LogP contribution in [0.4, 0.5) is 10.1 Å². The molecule has 0 radical (unpaired) electrons. The van der Waals surface area contributed by atoms with Gasteiger partial charge in [0.05, 0.1) is 11.7 Å². The van der Waals surface area contributed by atoms with Gasteiger partial charge in [0.1, 0.15) is 5.82 Å². The highest BCUT2D eigenvalue weighted by Crippen LogP contribution is 2.25. The van der Waals surface area contributed by atoms with E-state index in [0.717, 1.165) is 0 Å². The highest BCUT2D eigenvalue weighted by atomic mass is 32.1. The maximum Gasteiger partial charge on any atom is 0.171 e. The minimum atomic E-state index is -0.316. The van der Waals surface area contributed by atoms with E-state index in [1.807, 2.05) is 12.1 Å². The maximum absolute atomic E-state index is 13.7. The van der Waals surface area contributed by atoms with Crippen molar-refractivity contribution < 1.29 is 4.39 Å². The summed E-state index contributed by atoms with van der Waals surface area (Å²) in [5, 5.41) is 6.66. The lowest BCUT2D eigenvalue weighted by Gasteiger charge is -2.26. The molecular weight excluding hydrogens is 295 g/mol. The van der Waals surface area contributed by atoms with E-state index in [-0.39, 0.29) is 11.9 Å². The first-order chi connectivity index (χ1) is 10.5. The number of halogens is 1. The molecule has 4 heteroatoms. The van der Waals surface area contributed by atoms with Gasteiger partial charge in [0.2, 0.25) is 0 Å². The molecule has 1 atom stereocenters. The molecule has 0 bridgehead atoms. The highest BCUT2D eigenvalue weighted by Gasteiger charge is 2.18. The number of para-hydroxylation sites is 1. The molecule has 0 heterocycles. The Kier molecular flexibility index (Phi) is 5.50. The quantitative estimate of drug-likeness (QED) is 0.791. The summed E-state index contributed by atoms with van der Waals surface area (Å²) in [6.45, 7) is 6.35. The second-order valence-corrected chi connectivity index (χ2v) is 6.06. The van der Waals surface area contributed by atoms with Gasteiger partial charge in [-0.3, -0.25) is 0 Å². The van der Waals surface area contributed by atoms with Crippen molar-refractivity contribution in [2.24, 2.45) is 5.92 Å². The Balaban J connectivity index is 2.14. The van der Waals surface area contributed by atoms with Crippen molar-refractivity contribution in [3.63, 3.8) is 0 Å². The van der Waals surface area contributed by atoms with Crippen molar-refractivity contribution in [1.82, 2.24) is 5.32 Å². The summed E-state index contributed by atoms with van der Waals surface area (Å²) in [6, 6.07) is 14.8. The molecular formula is C18H21FN2S. The van der Waals surface area contributed by atoms with E-state index in [4.69, 9.17) is 12.2 Å². The molecule has 2 aromatic carbocycles. The molecule has 2 rings (SSSR count). The number of aryl methyl sites for hydroxylation is 1. The molecule has 0 aliphatic rings. The number of hydrogen-bond donors (Lipinski definition) is 2. The second kappa shape index (κ2) is 7.36. The van der Waals surface area contributed by atoms with Crippen LogP contribution in [0.1, 0.15) is 31.0 Å². The van der Waals surface area contributed by atoms with E-state index >= 15 is 0 Å². The van der Waals surface area contributed by atoms with Gasteiger partial charge in [-0.2, -0.15) is 0 Å². The maximum atomic E-state index is 13.7. The molecule has 0 amide bonds. The van der Waals surface area contributed by atoms with Gasteiger partial charge in [-0.05, 0) is 48.3 Å². The van der Waals surface area contributed by atoms with Gasteiger partial charge in [0.15, 0.2) is 5.11 Å². The number of rotatable bonds is 4. The fourth-order valence-corrected chi connectivity index (χ4v) is 2.64. The first kappa shape index (κ1) is 16.4. The molecule has 0 aliphatic heterocycles. The van der Waals surface area contributed by atoms with Crippen LogP contribution >= 0.6 is 12.2 Å². The Morgan fingerprint density at radius 3 is 2.32 bits per heavy atom. The third-order valence-corrected chi connectivity index (χ3v) is 3.82. The summed E-state index contributed by atoms with van der Waals surface area (Å²) in [5.41, 5.74) is 2.80. The van der Waals surface area contributed by atoms with Crippen LogP contribution in [0.15, 0.2) is 48.5 Å². The van der Waals surface area contributed by atoms with E-state index in [0.29, 0.717) is 16.7 Å². The lowest BCUT2D eigenvalue weighted by atomic mass is 9.93. The van der Waals surface area contributed by atoms with Gasteiger partial charge >= 0.3 is 0 Å². The fraction of sp³-hybridized carbons (Fsp3) is 0.278. The highest BCUT2D eigenvalue weighted by molar-refractivity contribution is 7.80. The Hall–Kier alpha value is -1.94. The third-order valence-electron chi connectivity index (χ3n) is 3.60. The standard InChI is InChI=1S/C18H21FN2S/c1-12(2)17(14-9-5-4-8-13(14)3)21-18(22)20-16-11-7-6-10-15(16)19/h4-12,17H,1-3H3,(H2,20,21,22). The predicted molar refractivity (Wildman–Crippen MR) is 94.5 cm³/mol. The Morgan fingerprint density at radius 2 is 1.68 bits per heavy atom. The van der Waals surface area contributed by atoms with Crippen molar-refractivity contribution >= 4 is 23.0 Å². The number of nitrogens with one attached hydrogen (secondary N) is 2. The van der Waals surface area contributed by atoms with E-state index in [9.17, 15) is 4.39 Å². The van der Waals surface area contributed by atoms with Crippen molar-refractivity contribution in [3.8, 4) is 0 Å². The largest absolute Gasteiger partial charge is 0.355 e. The van der Waals surface area contributed by atoms with Crippen molar-refractivity contribution in [1.29, 1.82) is 0 Å². The van der Waals surface area contributed by atoms with Crippen LogP contribution in [0.25, 0.3) is 0 Å². The van der Waals surface area contributed by atoms with E-state index in [1.54, 1.807) is 18.2 Å². The molecule has 2 aromatic rings. The summed E-state index contributed by atoms with van der Waals surface area (Å²) in [4.78, 5) is 0. The third kappa shape index (κ3) is 4.04. The van der Waals surface area contributed by atoms with Gasteiger partial charge in [0.25, 0.3) is 0 Å². The molecule has 2 nitrogen and oxygen atoms in total. The van der Waals surface area contributed by atoms with Gasteiger partial charge in [-0.25, -0.2) is 4.39 Å². The van der Waals surface area contributed by atoms with Crippen LogP contribution in [0.3, 0.4) is 0 Å². The average Bonchev–Trinajstić information content (AvgIpc) is 2.48. The zero-order valence-corrected chi connectivity index (χ0v) is 13.9. The van der Waals surface area contributed by atoms with Crippen molar-refractivity contribution in [3.05, 3.63) is 65.5 Å². The monoisotopic (exact) mass is 316 g/mol. The number of anilines is 1. The normalized spacial score (nSPS) is 12.0. The van der Waals surface area contributed by atoms with Crippen LogP contribution < -0.4 is 10.6 Å². The van der Waals surface area contributed by atoms with E-state index in [2.05, 4.69) is 43.5 Å². The number of benzene rings is 2. The predicted octanol–water partition coefficient (Wildman–Crippen LogP) is 4.82. The van der Waals surface area contributed by atoms with Crippen LogP contribution in [-0.2, 0) is 0 Å². The second-order valence-electron chi connectivity index (χ2n) is 5.66. The Morgan fingerprint density at radius 1 is 1.05 bits per heavy atom. The summed E-state index contributed by atoms with van der Waals surface area (Å²) in [7, 11) is 0. The topological polar surface area (TPSA) is 24.1 Å². The summed E-state index contributed by atoms with van der Waals surface area (Å²) >= 11 is 5.35. The summed E-state index contributed by atoms with van der Waals surface area (Å²) in [5.74, 6) is 0.0325. The SMILES string of the molecule is Cc1ccccc1C(NC(=S)Nc1ccccc1F)C(C)C. The summed E-state index contributed by atoms with van der Waals surface area (Å²) in [6.07, 6.45) is 0. The van der Waals surface area contributed by atoms with Gasteiger partial charge in [-0.1, -0.05) is 50.2 Å². The molecule has 0 saturated heterocycles. The molecule has 0 fully saturated rings. The summed E-state index contributed by atoms with van der Waals surface area (Å²) < 4.78 is 13.7. The van der Waals surface area contributed by atoms with Gasteiger partial charge in [-0.15, -0.1) is 0 Å². The van der Waals surface area contributed by atoms with Crippen LogP contribution in [0, 0.1) is 18.7 Å². The van der Waals surface area contributed by atoms with Gasteiger partial charge < -0.3 is 10.6 Å². The Labute approximate surface area is 136 Å². The van der Waals surface area contributed by atoms with Crippen LogP contribution in [0.5, 0.6) is 0 Å². The Bertz CT molecular complexity index is 655. The zero-order valence-electron chi connectivity index (χ0n) is 13.1. The number of thiocarbonyl (C=S) groups is 1. The lowest BCUT2D eigenvalue weighted by Crippen LogP contribution is -2.35. The van der Waals surface area contributed by atoms with Crippen molar-refractivity contribution in [2.45, 2.75) is 26.8 Å². The number of hydrogen-bond acceptors (Lipinski definition) is 1. The first-order valence-corrected chi connectivity index (χ1v) is 7.77. The van der Waals surface area contributed by atoms with Crippen LogP contribution in [-0.4, -0.2) is 5.11 Å².